The van der Waals surface area contributed by atoms with Crippen LogP contribution < -0.4 is 20.4 Å². The molecule has 1 heterocycles. The number of hydrazine groups is 1. The number of hydrazone groups is 1. The van der Waals surface area contributed by atoms with Gasteiger partial charge in [-0.1, -0.05) is 12.1 Å². The van der Waals surface area contributed by atoms with Gasteiger partial charge in [0, 0.05) is 5.56 Å². The van der Waals surface area contributed by atoms with Gasteiger partial charge in [-0.25, -0.2) is 15.4 Å². The van der Waals surface area contributed by atoms with E-state index in [0.717, 1.165) is 31.2 Å². The summed E-state index contributed by atoms with van der Waals surface area (Å²) in [6.45, 7) is 0.170. The molecule has 1 aliphatic heterocycles. The zero-order valence-corrected chi connectivity index (χ0v) is 18.5. The molecule has 0 radical (unpaired) electrons. The first-order chi connectivity index (χ1) is 16.0. The first-order valence-corrected chi connectivity index (χ1v) is 11.4. The highest BCUT2D eigenvalue weighted by atomic mass is 19.1. The third-order valence-electron chi connectivity index (χ3n) is 6.93. The molecule has 7 nitrogen and oxygen atoms in total. The summed E-state index contributed by atoms with van der Waals surface area (Å²) < 4.78 is 26.5. The van der Waals surface area contributed by atoms with Gasteiger partial charge in [0.25, 0.3) is 0 Å². The van der Waals surface area contributed by atoms with Crippen LogP contribution in [0.3, 0.4) is 0 Å². The second-order valence-corrected chi connectivity index (χ2v) is 9.13. The number of methoxy groups -OCH3 is 1. The molecule has 5 rings (SSSR count). The van der Waals surface area contributed by atoms with Crippen molar-refractivity contribution in [1.29, 1.82) is 0 Å². The van der Waals surface area contributed by atoms with Gasteiger partial charge < -0.3 is 14.6 Å². The Hall–Kier alpha value is -3.13. The lowest BCUT2D eigenvalue weighted by Crippen LogP contribution is -2.51. The third kappa shape index (κ3) is 4.27. The predicted molar refractivity (Wildman–Crippen MR) is 121 cm³/mol. The number of benzene rings is 2. The van der Waals surface area contributed by atoms with Gasteiger partial charge in [0.15, 0.2) is 0 Å². The number of rotatable bonds is 10. The summed E-state index contributed by atoms with van der Waals surface area (Å²) in [6.07, 6.45) is 4.16. The number of carbonyl (C=O) groups is 1. The van der Waals surface area contributed by atoms with Crippen molar-refractivity contribution in [3.05, 3.63) is 59.4 Å². The number of halogens is 1. The molecule has 3 aliphatic rings. The SMILES string of the molecule is COc1ccc(F)c(C2(C3CC3)NNN=C2COc2cccc([C@@H](CC(=O)O)C3CC3)c2)c1. The molecule has 0 spiro atoms. The number of nitrogens with one attached hydrogen (secondary N) is 2. The number of nitrogens with zero attached hydrogens (tertiary/aromatic N) is 1. The molecule has 2 fully saturated rings. The largest absolute Gasteiger partial charge is 0.497 e. The van der Waals surface area contributed by atoms with Crippen LogP contribution in [0.5, 0.6) is 11.5 Å². The molecule has 8 heteroatoms. The van der Waals surface area contributed by atoms with Gasteiger partial charge in [-0.2, -0.15) is 5.10 Å². The van der Waals surface area contributed by atoms with Gasteiger partial charge in [0.05, 0.1) is 13.5 Å². The number of carboxylic acid groups (broad SMARTS) is 1. The molecular formula is C25H28FN3O4. The Labute approximate surface area is 191 Å². The van der Waals surface area contributed by atoms with Gasteiger partial charge >= 0.3 is 5.97 Å². The summed E-state index contributed by atoms with van der Waals surface area (Å²) in [7, 11) is 1.56. The first-order valence-electron chi connectivity index (χ1n) is 11.4. The highest BCUT2D eigenvalue weighted by Gasteiger charge is 2.54. The number of ether oxygens (including phenoxy) is 2. The monoisotopic (exact) mass is 453 g/mol. The lowest BCUT2D eigenvalue weighted by atomic mass is 9.81. The summed E-state index contributed by atoms with van der Waals surface area (Å²) >= 11 is 0. The standard InChI is InChI=1S/C25H28FN3O4/c1-32-18-9-10-22(26)21(12-18)25(17-7-8-17)23(27-29-28-25)14-33-19-4-2-3-16(11-19)20(13-24(30)31)15-5-6-15/h2-4,9-12,15,17,20,28-29H,5-8,13-14H2,1H3,(H,30,31)/t20-,25?/m0/s1. The van der Waals surface area contributed by atoms with E-state index in [-0.39, 0.29) is 30.7 Å². The van der Waals surface area contributed by atoms with Gasteiger partial charge in [-0.3, -0.25) is 4.79 Å². The molecule has 2 aromatic rings. The van der Waals surface area contributed by atoms with Gasteiger partial charge in [0.1, 0.15) is 35.2 Å². The predicted octanol–water partition coefficient (Wildman–Crippen LogP) is 3.95. The average molecular weight is 454 g/mol. The van der Waals surface area contributed by atoms with Crippen LogP contribution >= 0.6 is 0 Å². The van der Waals surface area contributed by atoms with Crippen LogP contribution in [0.2, 0.25) is 0 Å². The van der Waals surface area contributed by atoms with E-state index in [1.165, 1.54) is 6.07 Å². The molecule has 3 N–H and O–H groups in total. The Bertz CT molecular complexity index is 1080. The van der Waals surface area contributed by atoms with Crippen molar-refractivity contribution >= 4 is 11.7 Å². The Balaban J connectivity index is 1.38. The maximum absolute atomic E-state index is 15.0. The van der Waals surface area contributed by atoms with E-state index in [1.807, 2.05) is 24.3 Å². The summed E-state index contributed by atoms with van der Waals surface area (Å²) in [5.41, 5.74) is 7.38. The Morgan fingerprint density at radius 1 is 1.21 bits per heavy atom. The van der Waals surface area contributed by atoms with Crippen molar-refractivity contribution in [2.75, 3.05) is 13.7 Å². The molecule has 0 aromatic heterocycles. The van der Waals surface area contributed by atoms with E-state index in [0.29, 0.717) is 28.7 Å². The van der Waals surface area contributed by atoms with Crippen molar-refractivity contribution in [1.82, 2.24) is 11.0 Å². The molecule has 2 atom stereocenters. The minimum atomic E-state index is -0.809. The summed E-state index contributed by atoms with van der Waals surface area (Å²) in [4.78, 5) is 11.3. The topological polar surface area (TPSA) is 92.2 Å². The van der Waals surface area contributed by atoms with Crippen LogP contribution in [0, 0.1) is 17.7 Å². The van der Waals surface area contributed by atoms with Crippen LogP contribution in [0.4, 0.5) is 4.39 Å². The zero-order chi connectivity index (χ0) is 23.0. The molecule has 2 aliphatic carbocycles. The lowest BCUT2D eigenvalue weighted by Gasteiger charge is -2.31. The molecular weight excluding hydrogens is 425 g/mol. The molecule has 2 saturated carbocycles. The van der Waals surface area contributed by atoms with E-state index in [4.69, 9.17) is 9.47 Å². The molecule has 33 heavy (non-hydrogen) atoms. The highest BCUT2D eigenvalue weighted by Crippen LogP contribution is 2.49. The summed E-state index contributed by atoms with van der Waals surface area (Å²) in [5, 5.41) is 13.7. The Morgan fingerprint density at radius 3 is 2.73 bits per heavy atom. The second kappa shape index (κ2) is 8.67. The number of hydrogen-bond donors (Lipinski definition) is 3. The van der Waals surface area contributed by atoms with Crippen molar-refractivity contribution < 1.29 is 23.8 Å². The van der Waals surface area contributed by atoms with E-state index in [1.54, 1.807) is 19.2 Å². The van der Waals surface area contributed by atoms with Crippen molar-refractivity contribution in [3.8, 4) is 11.5 Å². The van der Waals surface area contributed by atoms with E-state index < -0.39 is 11.5 Å². The fourth-order valence-electron chi connectivity index (χ4n) is 4.95. The van der Waals surface area contributed by atoms with Crippen LogP contribution in [0.15, 0.2) is 47.6 Å². The van der Waals surface area contributed by atoms with Crippen LogP contribution in [0.1, 0.15) is 49.1 Å². The van der Waals surface area contributed by atoms with E-state index in [2.05, 4.69) is 16.1 Å². The van der Waals surface area contributed by atoms with Crippen LogP contribution in [-0.2, 0) is 10.3 Å². The normalized spacial score (nSPS) is 22.9. The minimum Gasteiger partial charge on any atom is -0.497 e. The molecule has 0 amide bonds. The smallest absolute Gasteiger partial charge is 0.303 e. The zero-order valence-electron chi connectivity index (χ0n) is 18.5. The van der Waals surface area contributed by atoms with E-state index in [9.17, 15) is 14.3 Å². The van der Waals surface area contributed by atoms with Crippen molar-refractivity contribution in [3.63, 3.8) is 0 Å². The quantitative estimate of drug-likeness (QED) is 0.505. The average Bonchev–Trinajstić information content (AvgIpc) is 3.75. The fraction of sp³-hybridized carbons (Fsp3) is 0.440. The van der Waals surface area contributed by atoms with E-state index >= 15 is 0 Å². The second-order valence-electron chi connectivity index (χ2n) is 9.13. The highest BCUT2D eigenvalue weighted by molar-refractivity contribution is 5.97. The Kier molecular flexibility index (Phi) is 5.70. The molecule has 0 bridgehead atoms. The fourth-order valence-corrected chi connectivity index (χ4v) is 4.95. The van der Waals surface area contributed by atoms with Gasteiger partial charge in [-0.05, 0) is 79.3 Å². The number of aliphatic carboxylic acids is 1. The summed E-state index contributed by atoms with van der Waals surface area (Å²) in [5.74, 6) is 0.723. The van der Waals surface area contributed by atoms with Crippen LogP contribution in [-0.4, -0.2) is 30.5 Å². The summed E-state index contributed by atoms with van der Waals surface area (Å²) in [6, 6.07) is 12.4. The third-order valence-corrected chi connectivity index (χ3v) is 6.93. The molecule has 2 aromatic carbocycles. The van der Waals surface area contributed by atoms with Gasteiger partial charge in [-0.15, -0.1) is 0 Å². The maximum Gasteiger partial charge on any atom is 0.303 e. The maximum atomic E-state index is 15.0. The lowest BCUT2D eigenvalue weighted by molar-refractivity contribution is -0.137. The first kappa shape index (κ1) is 21.7. The van der Waals surface area contributed by atoms with Crippen molar-refractivity contribution in [2.45, 2.75) is 43.6 Å². The number of hydrogen-bond acceptors (Lipinski definition) is 6. The van der Waals surface area contributed by atoms with Crippen molar-refractivity contribution in [2.24, 2.45) is 16.9 Å². The molecule has 1 unspecified atom stereocenters. The molecule has 174 valence electrons. The Morgan fingerprint density at radius 2 is 2.03 bits per heavy atom. The molecule has 0 saturated heterocycles. The minimum absolute atomic E-state index is 0.00496. The number of carboxylic acids is 1. The van der Waals surface area contributed by atoms with Gasteiger partial charge in [0.2, 0.25) is 0 Å². The van der Waals surface area contributed by atoms with Crippen LogP contribution in [0.25, 0.3) is 0 Å².